The van der Waals surface area contributed by atoms with Crippen molar-refractivity contribution in [2.45, 2.75) is 23.9 Å². The molecule has 7 heteroatoms. The predicted molar refractivity (Wildman–Crippen MR) is 139 cm³/mol. The molecule has 1 amide bonds. The summed E-state index contributed by atoms with van der Waals surface area (Å²) in [5.74, 6) is 0.727. The number of hydrogen-bond acceptors (Lipinski definition) is 5. The molecular formula is C27H24N4OS2. The lowest BCUT2D eigenvalue weighted by Crippen LogP contribution is -2.25. The molecule has 5 aromatic rings. The van der Waals surface area contributed by atoms with Crippen LogP contribution < -0.4 is 5.32 Å². The van der Waals surface area contributed by atoms with E-state index in [1.54, 1.807) is 23.1 Å². The summed E-state index contributed by atoms with van der Waals surface area (Å²) in [7, 11) is 0. The molecule has 0 unspecified atom stereocenters. The number of thiophene rings is 1. The van der Waals surface area contributed by atoms with Gasteiger partial charge < -0.3 is 5.32 Å². The molecular weight excluding hydrogens is 460 g/mol. The SMILES string of the molecule is O=C(NCCc1cccs1)c1ccc(CSc2nc3cccnc3n2Cc2ccccc2)cc1. The molecule has 0 saturated heterocycles. The molecule has 0 aliphatic rings. The van der Waals surface area contributed by atoms with Crippen molar-refractivity contribution in [1.29, 1.82) is 0 Å². The van der Waals surface area contributed by atoms with E-state index < -0.39 is 0 Å². The van der Waals surface area contributed by atoms with Gasteiger partial charge in [-0.25, -0.2) is 9.97 Å². The third-order valence-electron chi connectivity index (χ3n) is 5.47. The van der Waals surface area contributed by atoms with Crippen molar-refractivity contribution in [1.82, 2.24) is 19.9 Å². The predicted octanol–water partition coefficient (Wildman–Crippen LogP) is 5.81. The Balaban J connectivity index is 1.23. The Morgan fingerprint density at radius 2 is 1.79 bits per heavy atom. The van der Waals surface area contributed by atoms with E-state index in [4.69, 9.17) is 4.98 Å². The number of nitrogens with one attached hydrogen (secondary N) is 1. The van der Waals surface area contributed by atoms with Crippen molar-refractivity contribution in [2.24, 2.45) is 0 Å². The summed E-state index contributed by atoms with van der Waals surface area (Å²) in [5.41, 5.74) is 4.83. The monoisotopic (exact) mass is 484 g/mol. The lowest BCUT2D eigenvalue weighted by molar-refractivity contribution is 0.0954. The van der Waals surface area contributed by atoms with Gasteiger partial charge in [-0.2, -0.15) is 0 Å². The molecule has 0 spiro atoms. The molecule has 0 aliphatic heterocycles. The molecule has 0 atom stereocenters. The molecule has 3 heterocycles. The van der Waals surface area contributed by atoms with Gasteiger partial charge in [0, 0.05) is 28.9 Å². The van der Waals surface area contributed by atoms with Gasteiger partial charge in [0.1, 0.15) is 5.52 Å². The zero-order valence-electron chi connectivity index (χ0n) is 18.6. The van der Waals surface area contributed by atoms with Crippen LogP contribution >= 0.6 is 23.1 Å². The molecule has 1 N–H and O–H groups in total. The van der Waals surface area contributed by atoms with Crippen LogP contribution in [-0.4, -0.2) is 27.0 Å². The maximum atomic E-state index is 12.4. The molecule has 3 aromatic heterocycles. The van der Waals surface area contributed by atoms with E-state index in [-0.39, 0.29) is 5.91 Å². The summed E-state index contributed by atoms with van der Waals surface area (Å²) in [6, 6.07) is 26.2. The van der Waals surface area contributed by atoms with E-state index in [2.05, 4.69) is 50.6 Å². The second kappa shape index (κ2) is 10.7. The molecule has 5 nitrogen and oxygen atoms in total. The fraction of sp³-hybridized carbons (Fsp3) is 0.148. The summed E-state index contributed by atoms with van der Waals surface area (Å²) < 4.78 is 2.17. The van der Waals surface area contributed by atoms with Crippen molar-refractivity contribution in [3.63, 3.8) is 0 Å². The Bertz CT molecular complexity index is 1360. The minimum atomic E-state index is -0.0357. The molecule has 34 heavy (non-hydrogen) atoms. The van der Waals surface area contributed by atoms with E-state index in [1.807, 2.05) is 54.7 Å². The Kier molecular flexibility index (Phi) is 7.02. The van der Waals surface area contributed by atoms with Crippen molar-refractivity contribution in [3.05, 3.63) is 112 Å². The lowest BCUT2D eigenvalue weighted by atomic mass is 10.1. The number of amides is 1. The van der Waals surface area contributed by atoms with Crippen LogP contribution in [0.25, 0.3) is 11.2 Å². The zero-order chi connectivity index (χ0) is 23.2. The molecule has 170 valence electrons. The number of aromatic nitrogens is 3. The second-order valence-corrected chi connectivity index (χ2v) is 9.86. The Hall–Kier alpha value is -3.42. The number of benzene rings is 2. The first kappa shape index (κ1) is 22.4. The van der Waals surface area contributed by atoms with Gasteiger partial charge in [0.05, 0.1) is 6.54 Å². The summed E-state index contributed by atoms with van der Waals surface area (Å²) in [5, 5.41) is 6.00. The maximum Gasteiger partial charge on any atom is 0.251 e. The van der Waals surface area contributed by atoms with Gasteiger partial charge in [0.25, 0.3) is 5.91 Å². The van der Waals surface area contributed by atoms with E-state index >= 15 is 0 Å². The summed E-state index contributed by atoms with van der Waals surface area (Å²) in [6.45, 7) is 1.36. The van der Waals surface area contributed by atoms with Crippen molar-refractivity contribution < 1.29 is 4.79 Å². The van der Waals surface area contributed by atoms with Crippen LogP contribution in [0.1, 0.15) is 26.4 Å². The molecule has 0 fully saturated rings. The molecule has 0 radical (unpaired) electrons. The van der Waals surface area contributed by atoms with Crippen molar-refractivity contribution in [2.75, 3.05) is 6.54 Å². The van der Waals surface area contributed by atoms with E-state index in [1.165, 1.54) is 10.4 Å². The first-order valence-electron chi connectivity index (χ1n) is 11.1. The Labute approximate surface area is 206 Å². The third kappa shape index (κ3) is 5.38. The number of pyridine rings is 1. The number of rotatable bonds is 9. The van der Waals surface area contributed by atoms with Crippen LogP contribution in [0.3, 0.4) is 0 Å². The second-order valence-electron chi connectivity index (χ2n) is 7.88. The topological polar surface area (TPSA) is 59.8 Å². The molecule has 2 aromatic carbocycles. The van der Waals surface area contributed by atoms with Crippen molar-refractivity contribution in [3.8, 4) is 0 Å². The van der Waals surface area contributed by atoms with Crippen LogP contribution in [-0.2, 0) is 18.7 Å². The van der Waals surface area contributed by atoms with Crippen LogP contribution in [0.5, 0.6) is 0 Å². The van der Waals surface area contributed by atoms with Gasteiger partial charge in [-0.15, -0.1) is 11.3 Å². The smallest absolute Gasteiger partial charge is 0.251 e. The number of thioether (sulfide) groups is 1. The average molecular weight is 485 g/mol. The average Bonchev–Trinajstić information content (AvgIpc) is 3.52. The first-order chi connectivity index (χ1) is 16.8. The van der Waals surface area contributed by atoms with Gasteiger partial charge in [0.2, 0.25) is 0 Å². The first-order valence-corrected chi connectivity index (χ1v) is 13.0. The number of fused-ring (bicyclic) bond motifs is 1. The van der Waals surface area contributed by atoms with E-state index in [0.29, 0.717) is 12.1 Å². The number of hydrogen-bond donors (Lipinski definition) is 1. The van der Waals surface area contributed by atoms with Crippen LogP contribution in [0, 0.1) is 0 Å². The molecule has 0 aliphatic carbocycles. The highest BCUT2D eigenvalue weighted by Gasteiger charge is 2.13. The standard InChI is InChI=1S/C27H24N4OS2/c32-26(29-16-14-23-8-5-17-33-23)22-12-10-21(11-13-22)19-34-27-30-24-9-4-15-28-25(24)31(27)18-20-6-2-1-3-7-20/h1-13,15,17H,14,16,18-19H2,(H,29,32). The maximum absolute atomic E-state index is 12.4. The summed E-state index contributed by atoms with van der Waals surface area (Å²) in [4.78, 5) is 23.1. The van der Waals surface area contributed by atoms with Crippen LogP contribution in [0.4, 0.5) is 0 Å². The normalized spacial score (nSPS) is 11.1. The Morgan fingerprint density at radius 1 is 0.941 bits per heavy atom. The van der Waals surface area contributed by atoms with Gasteiger partial charge in [-0.05, 0) is 53.3 Å². The summed E-state index contributed by atoms with van der Waals surface area (Å²) >= 11 is 3.40. The number of carbonyl (C=O) groups excluding carboxylic acids is 1. The Morgan fingerprint density at radius 3 is 2.59 bits per heavy atom. The van der Waals surface area contributed by atoms with Gasteiger partial charge >= 0.3 is 0 Å². The van der Waals surface area contributed by atoms with Gasteiger partial charge in [-0.3, -0.25) is 9.36 Å². The molecule has 0 saturated carbocycles. The highest BCUT2D eigenvalue weighted by molar-refractivity contribution is 7.98. The van der Waals surface area contributed by atoms with E-state index in [0.717, 1.165) is 40.6 Å². The van der Waals surface area contributed by atoms with Crippen molar-refractivity contribution >= 4 is 40.2 Å². The van der Waals surface area contributed by atoms with Crippen LogP contribution in [0.15, 0.2) is 95.6 Å². The van der Waals surface area contributed by atoms with Crippen LogP contribution in [0.2, 0.25) is 0 Å². The minimum absolute atomic E-state index is 0.0357. The third-order valence-corrected chi connectivity index (χ3v) is 7.46. The zero-order valence-corrected chi connectivity index (χ0v) is 20.2. The largest absolute Gasteiger partial charge is 0.352 e. The number of nitrogens with zero attached hydrogens (tertiary/aromatic N) is 3. The summed E-state index contributed by atoms with van der Waals surface area (Å²) in [6.07, 6.45) is 2.67. The fourth-order valence-corrected chi connectivity index (χ4v) is 5.38. The van der Waals surface area contributed by atoms with Gasteiger partial charge in [0.15, 0.2) is 10.8 Å². The fourth-order valence-electron chi connectivity index (χ4n) is 3.71. The van der Waals surface area contributed by atoms with E-state index in [9.17, 15) is 4.79 Å². The highest BCUT2D eigenvalue weighted by atomic mass is 32.2. The molecule has 5 rings (SSSR count). The number of carbonyl (C=O) groups is 1. The molecule has 0 bridgehead atoms. The highest BCUT2D eigenvalue weighted by Crippen LogP contribution is 2.27. The number of imidazole rings is 1. The minimum Gasteiger partial charge on any atom is -0.352 e. The quantitative estimate of drug-likeness (QED) is 0.268. The van der Waals surface area contributed by atoms with Gasteiger partial charge in [-0.1, -0.05) is 60.3 Å². The lowest BCUT2D eigenvalue weighted by Gasteiger charge is -2.09.